The Bertz CT molecular complexity index is 894. The van der Waals surface area contributed by atoms with E-state index in [0.717, 1.165) is 27.1 Å². The van der Waals surface area contributed by atoms with Crippen LogP contribution in [0.5, 0.6) is 0 Å². The molecule has 2 N–H and O–H groups in total. The Hall–Kier alpha value is -1.79. The first-order valence-corrected chi connectivity index (χ1v) is 8.77. The van der Waals surface area contributed by atoms with E-state index < -0.39 is 5.97 Å². The van der Waals surface area contributed by atoms with Crippen LogP contribution in [0.2, 0.25) is 5.02 Å². The topological polar surface area (TPSA) is 62.5 Å². The fourth-order valence-corrected chi connectivity index (χ4v) is 3.17. The van der Waals surface area contributed by atoms with Crippen LogP contribution in [-0.2, 0) is 13.1 Å². The van der Waals surface area contributed by atoms with Crippen molar-refractivity contribution in [2.24, 2.45) is 0 Å². The molecule has 0 saturated heterocycles. The largest absolute Gasteiger partial charge is 0.478 e. The van der Waals surface area contributed by atoms with Crippen LogP contribution < -0.4 is 5.32 Å². The molecule has 1 heterocycles. The van der Waals surface area contributed by atoms with E-state index in [1.807, 2.05) is 30.3 Å². The summed E-state index contributed by atoms with van der Waals surface area (Å²) in [4.78, 5) is 10.8. The second-order valence-corrected chi connectivity index (χ2v) is 6.82. The summed E-state index contributed by atoms with van der Waals surface area (Å²) in [5.74, 6) is 0.602. The fourth-order valence-electron chi connectivity index (χ4n) is 2.40. The van der Waals surface area contributed by atoms with Crippen LogP contribution in [0.25, 0.3) is 11.3 Å². The Balaban J connectivity index is 0.00000243. The number of rotatable bonds is 6. The third kappa shape index (κ3) is 5.11. The molecule has 0 fully saturated rings. The average molecular weight is 457 g/mol. The quantitative estimate of drug-likeness (QED) is 0.494. The van der Waals surface area contributed by atoms with E-state index in [0.29, 0.717) is 18.1 Å². The molecule has 0 atom stereocenters. The summed E-state index contributed by atoms with van der Waals surface area (Å²) < 4.78 is 6.76. The lowest BCUT2D eigenvalue weighted by Gasteiger charge is -2.04. The lowest BCUT2D eigenvalue weighted by atomic mass is 10.1. The Morgan fingerprint density at radius 2 is 1.81 bits per heavy atom. The zero-order chi connectivity index (χ0) is 17.8. The normalized spacial score (nSPS) is 10.4. The second kappa shape index (κ2) is 9.24. The zero-order valence-electron chi connectivity index (χ0n) is 13.5. The van der Waals surface area contributed by atoms with Gasteiger partial charge in [0.15, 0.2) is 0 Å². The van der Waals surface area contributed by atoms with Gasteiger partial charge in [0, 0.05) is 16.6 Å². The third-order valence-electron chi connectivity index (χ3n) is 3.69. The SMILES string of the molecule is Cl.O=C(O)c1ccc(CNCc2ccc(-c3ccc(Br)cc3Cl)o2)cc1. The highest BCUT2D eigenvalue weighted by molar-refractivity contribution is 9.10. The molecule has 0 saturated carbocycles. The number of carboxylic acid groups (broad SMARTS) is 1. The number of benzene rings is 2. The van der Waals surface area contributed by atoms with Crippen LogP contribution in [0, 0.1) is 0 Å². The van der Waals surface area contributed by atoms with Gasteiger partial charge in [-0.2, -0.15) is 0 Å². The van der Waals surface area contributed by atoms with Gasteiger partial charge >= 0.3 is 5.97 Å². The minimum atomic E-state index is -0.922. The molecule has 0 aliphatic rings. The molecule has 3 rings (SSSR count). The molecule has 2 aromatic carbocycles. The molecule has 0 aliphatic carbocycles. The first-order chi connectivity index (χ1) is 12.0. The number of hydrogen-bond acceptors (Lipinski definition) is 3. The third-order valence-corrected chi connectivity index (χ3v) is 4.49. The van der Waals surface area contributed by atoms with Gasteiger partial charge in [-0.1, -0.05) is 39.7 Å². The van der Waals surface area contributed by atoms with Crippen molar-refractivity contribution in [3.63, 3.8) is 0 Å². The number of hydrogen-bond donors (Lipinski definition) is 2. The van der Waals surface area contributed by atoms with Crippen molar-refractivity contribution < 1.29 is 14.3 Å². The number of furan rings is 1. The van der Waals surface area contributed by atoms with Crippen LogP contribution in [0.1, 0.15) is 21.7 Å². The van der Waals surface area contributed by atoms with Crippen molar-refractivity contribution in [3.05, 3.63) is 81.0 Å². The van der Waals surface area contributed by atoms with E-state index >= 15 is 0 Å². The van der Waals surface area contributed by atoms with Crippen LogP contribution in [0.3, 0.4) is 0 Å². The highest BCUT2D eigenvalue weighted by atomic mass is 79.9. The average Bonchev–Trinajstić information content (AvgIpc) is 3.04. The Labute approximate surface area is 170 Å². The van der Waals surface area contributed by atoms with E-state index in [1.54, 1.807) is 24.3 Å². The van der Waals surface area contributed by atoms with Gasteiger partial charge in [0.25, 0.3) is 0 Å². The molecule has 0 aliphatic heterocycles. The number of halogens is 3. The Morgan fingerprint density at radius 1 is 1.08 bits per heavy atom. The van der Waals surface area contributed by atoms with E-state index in [9.17, 15) is 4.79 Å². The number of nitrogens with one attached hydrogen (secondary N) is 1. The van der Waals surface area contributed by atoms with Gasteiger partial charge in [-0.25, -0.2) is 4.79 Å². The van der Waals surface area contributed by atoms with Gasteiger partial charge in [0.1, 0.15) is 11.5 Å². The van der Waals surface area contributed by atoms with E-state index in [2.05, 4.69) is 21.2 Å². The van der Waals surface area contributed by atoms with E-state index in [-0.39, 0.29) is 18.0 Å². The summed E-state index contributed by atoms with van der Waals surface area (Å²) in [6.07, 6.45) is 0. The minimum absolute atomic E-state index is 0. The maximum absolute atomic E-state index is 10.8. The summed E-state index contributed by atoms with van der Waals surface area (Å²) >= 11 is 9.63. The summed E-state index contributed by atoms with van der Waals surface area (Å²) in [6.45, 7) is 1.18. The van der Waals surface area contributed by atoms with Crippen molar-refractivity contribution in [1.29, 1.82) is 0 Å². The molecule has 0 unspecified atom stereocenters. The first kappa shape index (κ1) is 20.5. The van der Waals surface area contributed by atoms with E-state index in [4.69, 9.17) is 21.1 Å². The van der Waals surface area contributed by atoms with Crippen molar-refractivity contribution in [2.75, 3.05) is 0 Å². The smallest absolute Gasteiger partial charge is 0.335 e. The predicted octanol–water partition coefficient (Wildman–Crippen LogP) is 5.77. The Morgan fingerprint density at radius 3 is 2.46 bits per heavy atom. The molecule has 0 amide bonds. The summed E-state index contributed by atoms with van der Waals surface area (Å²) in [5.41, 5.74) is 2.14. The van der Waals surface area contributed by atoms with Gasteiger partial charge in [-0.05, 0) is 48.0 Å². The van der Waals surface area contributed by atoms with E-state index in [1.165, 1.54) is 0 Å². The highest BCUT2D eigenvalue weighted by Gasteiger charge is 2.09. The van der Waals surface area contributed by atoms with Crippen molar-refractivity contribution in [2.45, 2.75) is 13.1 Å². The highest BCUT2D eigenvalue weighted by Crippen LogP contribution is 2.31. The number of aromatic carboxylic acids is 1. The van der Waals surface area contributed by atoms with Crippen molar-refractivity contribution in [1.82, 2.24) is 5.32 Å². The van der Waals surface area contributed by atoms with Crippen molar-refractivity contribution in [3.8, 4) is 11.3 Å². The van der Waals surface area contributed by atoms with Gasteiger partial charge in [0.05, 0.1) is 17.1 Å². The van der Waals surface area contributed by atoms with Crippen LogP contribution in [-0.4, -0.2) is 11.1 Å². The molecule has 136 valence electrons. The minimum Gasteiger partial charge on any atom is -0.478 e. The summed E-state index contributed by atoms with van der Waals surface area (Å²) in [7, 11) is 0. The standard InChI is InChI=1S/C19H15BrClNO3.ClH/c20-14-5-7-16(17(21)9-14)18-8-6-15(25-18)11-22-10-12-1-3-13(4-2-12)19(23)24;/h1-9,22H,10-11H2,(H,23,24);1H. The molecule has 0 spiro atoms. The van der Waals surface area contributed by atoms with Gasteiger partial charge in [-0.3, -0.25) is 0 Å². The molecule has 4 nitrogen and oxygen atoms in total. The molecule has 0 bridgehead atoms. The lowest BCUT2D eigenvalue weighted by molar-refractivity contribution is 0.0697. The maximum Gasteiger partial charge on any atom is 0.335 e. The summed E-state index contributed by atoms with van der Waals surface area (Å²) in [5, 5.41) is 12.8. The van der Waals surface area contributed by atoms with Gasteiger partial charge < -0.3 is 14.8 Å². The molecule has 0 radical (unpaired) electrons. The fraction of sp³-hybridized carbons (Fsp3) is 0.105. The molecule has 1 aromatic heterocycles. The Kier molecular flexibility index (Phi) is 7.29. The monoisotopic (exact) mass is 455 g/mol. The first-order valence-electron chi connectivity index (χ1n) is 7.60. The van der Waals surface area contributed by atoms with Crippen molar-refractivity contribution >= 4 is 45.9 Å². The molecular weight excluding hydrogens is 441 g/mol. The summed E-state index contributed by atoms with van der Waals surface area (Å²) in [6, 6.07) is 16.3. The number of carboxylic acids is 1. The predicted molar refractivity (Wildman–Crippen MR) is 108 cm³/mol. The zero-order valence-corrected chi connectivity index (χ0v) is 16.7. The second-order valence-electron chi connectivity index (χ2n) is 5.50. The molecular formula is C19H16BrCl2NO3. The molecule has 26 heavy (non-hydrogen) atoms. The molecule has 7 heteroatoms. The van der Waals surface area contributed by atoms with Gasteiger partial charge in [-0.15, -0.1) is 12.4 Å². The van der Waals surface area contributed by atoms with Crippen LogP contribution in [0.15, 0.2) is 63.5 Å². The van der Waals surface area contributed by atoms with Gasteiger partial charge in [0.2, 0.25) is 0 Å². The molecule has 3 aromatic rings. The van der Waals surface area contributed by atoms with Crippen LogP contribution >= 0.6 is 39.9 Å². The van der Waals surface area contributed by atoms with Crippen LogP contribution in [0.4, 0.5) is 0 Å². The maximum atomic E-state index is 10.8. The number of carbonyl (C=O) groups is 1. The lowest BCUT2D eigenvalue weighted by Crippen LogP contribution is -2.12.